The van der Waals surface area contributed by atoms with E-state index in [-0.39, 0.29) is 23.7 Å². The summed E-state index contributed by atoms with van der Waals surface area (Å²) >= 11 is 0. The van der Waals surface area contributed by atoms with Crippen LogP contribution in [-0.4, -0.2) is 32.9 Å². The number of carbonyl (C=O) groups excluding carboxylic acids is 2. The van der Waals surface area contributed by atoms with Crippen molar-refractivity contribution in [3.63, 3.8) is 0 Å². The Morgan fingerprint density at radius 1 is 1.25 bits per heavy atom. The van der Waals surface area contributed by atoms with Gasteiger partial charge in [-0.25, -0.2) is 14.2 Å². The SMILES string of the molecule is Cn1c(CNC(=O)C2CCC2)nc2c1CN(C(=O)Nc1ccc(F)cc1)CC2. The molecule has 1 aromatic carbocycles. The van der Waals surface area contributed by atoms with Crippen LogP contribution in [0.4, 0.5) is 14.9 Å². The van der Waals surface area contributed by atoms with Gasteiger partial charge in [-0.1, -0.05) is 6.42 Å². The van der Waals surface area contributed by atoms with Crippen molar-refractivity contribution in [3.05, 3.63) is 47.3 Å². The molecule has 8 heteroatoms. The minimum Gasteiger partial charge on any atom is -0.349 e. The van der Waals surface area contributed by atoms with Crippen molar-refractivity contribution in [1.82, 2.24) is 19.8 Å². The molecular weight excluding hydrogens is 361 g/mol. The lowest BCUT2D eigenvalue weighted by molar-refractivity contribution is -0.127. The monoisotopic (exact) mass is 385 g/mol. The number of rotatable bonds is 4. The minimum atomic E-state index is -0.340. The summed E-state index contributed by atoms with van der Waals surface area (Å²) < 4.78 is 15.0. The van der Waals surface area contributed by atoms with Gasteiger partial charge in [-0.05, 0) is 37.1 Å². The summed E-state index contributed by atoms with van der Waals surface area (Å²) in [6.45, 7) is 1.41. The van der Waals surface area contributed by atoms with Gasteiger partial charge in [0.1, 0.15) is 11.6 Å². The van der Waals surface area contributed by atoms with Gasteiger partial charge in [-0.15, -0.1) is 0 Å². The van der Waals surface area contributed by atoms with E-state index in [9.17, 15) is 14.0 Å². The first kappa shape index (κ1) is 18.5. The van der Waals surface area contributed by atoms with E-state index >= 15 is 0 Å². The second kappa shape index (κ2) is 7.61. The quantitative estimate of drug-likeness (QED) is 0.849. The van der Waals surface area contributed by atoms with E-state index in [0.717, 1.165) is 36.5 Å². The number of urea groups is 1. The number of aromatic nitrogens is 2. The molecule has 1 aliphatic heterocycles. The molecule has 0 atom stereocenters. The second-order valence-corrected chi connectivity index (χ2v) is 7.43. The molecule has 2 N–H and O–H groups in total. The van der Waals surface area contributed by atoms with Crippen LogP contribution in [-0.2, 0) is 31.4 Å². The predicted molar refractivity (Wildman–Crippen MR) is 102 cm³/mol. The highest BCUT2D eigenvalue weighted by molar-refractivity contribution is 5.89. The zero-order valence-electron chi connectivity index (χ0n) is 15.9. The van der Waals surface area contributed by atoms with Gasteiger partial charge in [0.25, 0.3) is 0 Å². The number of benzene rings is 1. The van der Waals surface area contributed by atoms with Crippen LogP contribution in [0.3, 0.4) is 0 Å². The summed E-state index contributed by atoms with van der Waals surface area (Å²) in [7, 11) is 1.91. The molecule has 4 rings (SSSR count). The molecule has 0 unspecified atom stereocenters. The van der Waals surface area contributed by atoms with Crippen LogP contribution in [0.2, 0.25) is 0 Å². The van der Waals surface area contributed by atoms with E-state index in [1.54, 1.807) is 4.90 Å². The molecule has 0 saturated heterocycles. The topological polar surface area (TPSA) is 79.3 Å². The number of imidazole rings is 1. The number of nitrogens with one attached hydrogen (secondary N) is 2. The molecule has 3 amide bonds. The van der Waals surface area contributed by atoms with Gasteiger partial charge in [0.15, 0.2) is 0 Å². The Kier molecular flexibility index (Phi) is 5.02. The standard InChI is InChI=1S/C20H24FN5O2/c1-25-17-12-26(20(28)23-15-7-5-14(21)6-8-15)10-9-16(17)24-18(25)11-22-19(27)13-3-2-4-13/h5-8,13H,2-4,9-12H2,1H3,(H,22,27)(H,23,28). The maximum Gasteiger partial charge on any atom is 0.322 e. The van der Waals surface area contributed by atoms with E-state index in [1.165, 1.54) is 24.3 Å². The van der Waals surface area contributed by atoms with Crippen molar-refractivity contribution in [2.24, 2.45) is 13.0 Å². The number of halogens is 1. The van der Waals surface area contributed by atoms with Gasteiger partial charge in [-0.2, -0.15) is 0 Å². The fourth-order valence-corrected chi connectivity index (χ4v) is 3.59. The van der Waals surface area contributed by atoms with E-state index in [4.69, 9.17) is 0 Å². The van der Waals surface area contributed by atoms with Gasteiger partial charge in [0, 0.05) is 31.6 Å². The number of anilines is 1. The molecule has 1 saturated carbocycles. The number of hydrogen-bond acceptors (Lipinski definition) is 3. The number of fused-ring (bicyclic) bond motifs is 1. The second-order valence-electron chi connectivity index (χ2n) is 7.43. The zero-order chi connectivity index (χ0) is 19.7. The molecule has 0 bridgehead atoms. The Morgan fingerprint density at radius 2 is 2.00 bits per heavy atom. The van der Waals surface area contributed by atoms with Crippen LogP contribution in [0.25, 0.3) is 0 Å². The highest BCUT2D eigenvalue weighted by atomic mass is 19.1. The smallest absolute Gasteiger partial charge is 0.322 e. The summed E-state index contributed by atoms with van der Waals surface area (Å²) in [6, 6.07) is 5.48. The highest BCUT2D eigenvalue weighted by Crippen LogP contribution is 2.26. The van der Waals surface area contributed by atoms with Crippen molar-refractivity contribution in [3.8, 4) is 0 Å². The molecular formula is C20H24FN5O2. The molecule has 2 aromatic rings. The Bertz CT molecular complexity index is 889. The van der Waals surface area contributed by atoms with Gasteiger partial charge in [-0.3, -0.25) is 4.79 Å². The van der Waals surface area contributed by atoms with Crippen molar-refractivity contribution in [2.75, 3.05) is 11.9 Å². The predicted octanol–water partition coefficient (Wildman–Crippen LogP) is 2.57. The van der Waals surface area contributed by atoms with Crippen LogP contribution in [0.15, 0.2) is 24.3 Å². The van der Waals surface area contributed by atoms with Gasteiger partial charge < -0.3 is 20.1 Å². The van der Waals surface area contributed by atoms with Crippen molar-refractivity contribution in [2.45, 2.75) is 38.8 Å². The number of nitrogens with zero attached hydrogens (tertiary/aromatic N) is 3. The Hall–Kier alpha value is -2.90. The van der Waals surface area contributed by atoms with Gasteiger partial charge >= 0.3 is 6.03 Å². The molecule has 1 fully saturated rings. The molecule has 0 spiro atoms. The van der Waals surface area contributed by atoms with Crippen LogP contribution in [0, 0.1) is 11.7 Å². The Balaban J connectivity index is 1.38. The Labute approximate surface area is 162 Å². The largest absolute Gasteiger partial charge is 0.349 e. The molecule has 28 heavy (non-hydrogen) atoms. The summed E-state index contributed by atoms with van der Waals surface area (Å²) in [6.07, 6.45) is 3.74. The summed E-state index contributed by atoms with van der Waals surface area (Å²) in [5.41, 5.74) is 2.51. The summed E-state index contributed by atoms with van der Waals surface area (Å²) in [4.78, 5) is 31.0. The van der Waals surface area contributed by atoms with Crippen molar-refractivity contribution in [1.29, 1.82) is 0 Å². The third kappa shape index (κ3) is 3.72. The first-order valence-electron chi connectivity index (χ1n) is 9.64. The lowest BCUT2D eigenvalue weighted by atomic mass is 9.85. The first-order valence-corrected chi connectivity index (χ1v) is 9.64. The summed E-state index contributed by atoms with van der Waals surface area (Å²) in [5.74, 6) is 0.721. The molecule has 2 aliphatic rings. The van der Waals surface area contributed by atoms with Gasteiger partial charge in [0.2, 0.25) is 5.91 Å². The fourth-order valence-electron chi connectivity index (χ4n) is 3.59. The molecule has 2 heterocycles. The van der Waals surface area contributed by atoms with E-state index in [2.05, 4.69) is 15.6 Å². The van der Waals surface area contributed by atoms with E-state index in [1.807, 2.05) is 11.6 Å². The normalized spacial score (nSPS) is 16.3. The Morgan fingerprint density at radius 3 is 2.68 bits per heavy atom. The van der Waals surface area contributed by atoms with Crippen molar-refractivity contribution < 1.29 is 14.0 Å². The number of carbonyl (C=O) groups is 2. The van der Waals surface area contributed by atoms with Crippen LogP contribution < -0.4 is 10.6 Å². The minimum absolute atomic E-state index is 0.104. The maximum absolute atomic E-state index is 13.0. The van der Waals surface area contributed by atoms with Crippen LogP contribution in [0.5, 0.6) is 0 Å². The fraction of sp³-hybridized carbons (Fsp3) is 0.450. The molecule has 7 nitrogen and oxygen atoms in total. The summed E-state index contributed by atoms with van der Waals surface area (Å²) in [5, 5.41) is 5.77. The number of amides is 3. The van der Waals surface area contributed by atoms with Crippen LogP contribution in [0.1, 0.15) is 36.5 Å². The average Bonchev–Trinajstić information content (AvgIpc) is 2.96. The van der Waals surface area contributed by atoms with Crippen LogP contribution >= 0.6 is 0 Å². The van der Waals surface area contributed by atoms with E-state index < -0.39 is 0 Å². The number of hydrogen-bond donors (Lipinski definition) is 2. The lowest BCUT2D eigenvalue weighted by Crippen LogP contribution is -2.39. The third-order valence-electron chi connectivity index (χ3n) is 5.63. The molecule has 0 radical (unpaired) electrons. The van der Waals surface area contributed by atoms with Gasteiger partial charge in [0.05, 0.1) is 24.5 Å². The maximum atomic E-state index is 13.0. The molecule has 1 aliphatic carbocycles. The first-order chi connectivity index (χ1) is 13.5. The molecule has 148 valence electrons. The van der Waals surface area contributed by atoms with Crippen molar-refractivity contribution >= 4 is 17.6 Å². The van der Waals surface area contributed by atoms with E-state index in [0.29, 0.717) is 31.7 Å². The average molecular weight is 385 g/mol. The highest BCUT2D eigenvalue weighted by Gasteiger charge is 2.27. The molecule has 1 aromatic heterocycles. The zero-order valence-corrected chi connectivity index (χ0v) is 15.9. The lowest BCUT2D eigenvalue weighted by Gasteiger charge is -2.27. The third-order valence-corrected chi connectivity index (χ3v) is 5.63.